The third kappa shape index (κ3) is 3.24. The molecule has 0 aromatic carbocycles. The Labute approximate surface area is 80.3 Å². The van der Waals surface area contributed by atoms with Crippen molar-refractivity contribution in [2.24, 2.45) is 11.7 Å². The molecule has 3 heteroatoms. The molecule has 13 heavy (non-hydrogen) atoms. The molecule has 2 atom stereocenters. The molecule has 0 amide bonds. The second-order valence-corrected chi connectivity index (χ2v) is 3.96. The molecular weight excluding hydrogens is 167 g/mol. The van der Waals surface area contributed by atoms with E-state index in [1.165, 1.54) is 0 Å². The van der Waals surface area contributed by atoms with Gasteiger partial charge in [-0.2, -0.15) is 0 Å². The number of nitrogens with two attached hydrogens (primary N) is 1. The van der Waals surface area contributed by atoms with Crippen LogP contribution in [0.3, 0.4) is 0 Å². The van der Waals surface area contributed by atoms with E-state index in [9.17, 15) is 4.39 Å². The van der Waals surface area contributed by atoms with Gasteiger partial charge in [0.25, 0.3) is 0 Å². The van der Waals surface area contributed by atoms with E-state index < -0.39 is 0 Å². The maximum atomic E-state index is 12.0. The van der Waals surface area contributed by atoms with Crippen LogP contribution in [0.1, 0.15) is 26.2 Å². The second-order valence-electron chi connectivity index (χ2n) is 3.96. The molecule has 2 unspecified atom stereocenters. The van der Waals surface area contributed by atoms with Crippen molar-refractivity contribution >= 4 is 0 Å². The fourth-order valence-electron chi connectivity index (χ4n) is 2.04. The maximum absolute atomic E-state index is 12.0. The first-order valence-electron chi connectivity index (χ1n) is 5.31. The van der Waals surface area contributed by atoms with Gasteiger partial charge in [-0.25, -0.2) is 0 Å². The van der Waals surface area contributed by atoms with Crippen LogP contribution in [0.4, 0.5) is 4.39 Å². The van der Waals surface area contributed by atoms with Crippen molar-refractivity contribution in [3.8, 4) is 0 Å². The molecule has 0 bridgehead atoms. The van der Waals surface area contributed by atoms with Crippen molar-refractivity contribution in [1.29, 1.82) is 0 Å². The van der Waals surface area contributed by atoms with Crippen molar-refractivity contribution in [2.45, 2.75) is 32.2 Å². The molecule has 1 saturated heterocycles. The highest BCUT2D eigenvalue weighted by atomic mass is 19.1. The fourth-order valence-corrected chi connectivity index (χ4v) is 2.04. The summed E-state index contributed by atoms with van der Waals surface area (Å²) in [4.78, 5) is 2.34. The van der Waals surface area contributed by atoms with Crippen molar-refractivity contribution in [3.63, 3.8) is 0 Å². The second kappa shape index (κ2) is 5.55. The van der Waals surface area contributed by atoms with Gasteiger partial charge in [0.05, 0.1) is 6.67 Å². The van der Waals surface area contributed by atoms with E-state index >= 15 is 0 Å². The number of hydrogen-bond donors (Lipinski definition) is 1. The smallest absolute Gasteiger partial charge is 0.0906 e. The van der Waals surface area contributed by atoms with Gasteiger partial charge in [-0.3, -0.25) is 4.39 Å². The van der Waals surface area contributed by atoms with Crippen molar-refractivity contribution in [2.75, 3.05) is 26.3 Å². The average molecular weight is 188 g/mol. The van der Waals surface area contributed by atoms with Gasteiger partial charge in [-0.1, -0.05) is 13.3 Å². The van der Waals surface area contributed by atoms with Gasteiger partial charge in [0.2, 0.25) is 0 Å². The number of nitrogens with zero attached hydrogens (tertiary/aromatic N) is 1. The highest BCUT2D eigenvalue weighted by molar-refractivity contribution is 4.81. The van der Waals surface area contributed by atoms with Gasteiger partial charge in [-0.05, 0) is 25.3 Å². The number of piperidine rings is 1. The molecule has 0 radical (unpaired) electrons. The third-order valence-corrected chi connectivity index (χ3v) is 3.01. The Morgan fingerprint density at radius 1 is 1.54 bits per heavy atom. The summed E-state index contributed by atoms with van der Waals surface area (Å²) in [5, 5.41) is 0. The molecule has 1 rings (SSSR count). The number of likely N-dealkylation sites (tertiary alicyclic amines) is 1. The van der Waals surface area contributed by atoms with Crippen LogP contribution in [0.2, 0.25) is 0 Å². The lowest BCUT2D eigenvalue weighted by atomic mass is 9.91. The van der Waals surface area contributed by atoms with E-state index in [-0.39, 0.29) is 6.67 Å². The Balaban J connectivity index is 2.27. The number of rotatable bonds is 4. The van der Waals surface area contributed by atoms with E-state index in [2.05, 4.69) is 11.8 Å². The lowest BCUT2D eigenvalue weighted by Crippen LogP contribution is -2.47. The Kier molecular flexibility index (Phi) is 4.67. The normalized spacial score (nSPS) is 30.7. The quantitative estimate of drug-likeness (QED) is 0.722. The Morgan fingerprint density at radius 2 is 2.31 bits per heavy atom. The molecule has 78 valence electrons. The predicted octanol–water partition coefficient (Wildman–Crippen LogP) is 1.41. The van der Waals surface area contributed by atoms with E-state index in [1.807, 2.05) is 0 Å². The summed E-state index contributed by atoms with van der Waals surface area (Å²) in [5.41, 5.74) is 5.98. The highest BCUT2D eigenvalue weighted by Gasteiger charge is 2.24. The molecule has 1 fully saturated rings. The highest BCUT2D eigenvalue weighted by Crippen LogP contribution is 2.18. The Bertz CT molecular complexity index is 139. The summed E-state index contributed by atoms with van der Waals surface area (Å²) in [6.07, 6.45) is 2.89. The van der Waals surface area contributed by atoms with E-state index in [0.29, 0.717) is 18.4 Å². The molecule has 1 aliphatic heterocycles. The number of halogens is 1. The molecule has 0 spiro atoms. The molecule has 1 heterocycles. The zero-order chi connectivity index (χ0) is 9.68. The lowest BCUT2D eigenvalue weighted by Gasteiger charge is -2.36. The molecular formula is C10H21FN2. The minimum absolute atomic E-state index is 0.195. The van der Waals surface area contributed by atoms with Gasteiger partial charge >= 0.3 is 0 Å². The first kappa shape index (κ1) is 10.9. The van der Waals surface area contributed by atoms with Crippen LogP contribution >= 0.6 is 0 Å². The Morgan fingerprint density at radius 3 is 2.92 bits per heavy atom. The van der Waals surface area contributed by atoms with E-state index in [4.69, 9.17) is 5.73 Å². The van der Waals surface area contributed by atoms with Crippen LogP contribution in [0, 0.1) is 5.92 Å². The van der Waals surface area contributed by atoms with Crippen LogP contribution in [-0.2, 0) is 0 Å². The van der Waals surface area contributed by atoms with Gasteiger partial charge < -0.3 is 10.6 Å². The summed E-state index contributed by atoms with van der Waals surface area (Å²) in [5.74, 6) is 0.619. The van der Waals surface area contributed by atoms with Gasteiger partial charge in [0.15, 0.2) is 0 Å². The standard InChI is InChI=1S/C10H21FN2/c1-2-9-8-13(6-3-5-11)7-4-10(9)12/h9-10H,2-8,12H2,1H3. The van der Waals surface area contributed by atoms with Crippen LogP contribution in [0.5, 0.6) is 0 Å². The first-order valence-corrected chi connectivity index (χ1v) is 5.31. The lowest BCUT2D eigenvalue weighted by molar-refractivity contribution is 0.147. The van der Waals surface area contributed by atoms with Crippen LogP contribution < -0.4 is 5.73 Å². The molecule has 0 aromatic heterocycles. The van der Waals surface area contributed by atoms with Crippen LogP contribution in [0.15, 0.2) is 0 Å². The van der Waals surface area contributed by atoms with Crippen molar-refractivity contribution in [1.82, 2.24) is 4.90 Å². The van der Waals surface area contributed by atoms with Gasteiger partial charge in [0.1, 0.15) is 0 Å². The minimum Gasteiger partial charge on any atom is -0.327 e. The first-order chi connectivity index (χ1) is 6.27. The summed E-state index contributed by atoms with van der Waals surface area (Å²) in [6, 6.07) is 0.367. The molecule has 0 saturated carbocycles. The SMILES string of the molecule is CCC1CN(CCCF)CCC1N. The van der Waals surface area contributed by atoms with E-state index in [1.54, 1.807) is 0 Å². The monoisotopic (exact) mass is 188 g/mol. The largest absolute Gasteiger partial charge is 0.327 e. The summed E-state index contributed by atoms with van der Waals surface area (Å²) >= 11 is 0. The molecule has 2 N–H and O–H groups in total. The summed E-state index contributed by atoms with van der Waals surface area (Å²) in [6.45, 7) is 5.01. The summed E-state index contributed by atoms with van der Waals surface area (Å²) < 4.78 is 12.0. The van der Waals surface area contributed by atoms with Gasteiger partial charge in [-0.15, -0.1) is 0 Å². The number of hydrogen-bond acceptors (Lipinski definition) is 2. The van der Waals surface area contributed by atoms with Crippen molar-refractivity contribution < 1.29 is 4.39 Å². The average Bonchev–Trinajstić information content (AvgIpc) is 2.16. The van der Waals surface area contributed by atoms with Gasteiger partial charge in [0, 0.05) is 19.1 Å². The fraction of sp³-hybridized carbons (Fsp3) is 1.00. The van der Waals surface area contributed by atoms with E-state index in [0.717, 1.165) is 32.5 Å². The predicted molar refractivity (Wildman–Crippen MR) is 53.4 cm³/mol. The zero-order valence-electron chi connectivity index (χ0n) is 8.51. The molecule has 0 aromatic rings. The minimum atomic E-state index is -0.195. The molecule has 1 aliphatic rings. The van der Waals surface area contributed by atoms with Crippen molar-refractivity contribution in [3.05, 3.63) is 0 Å². The zero-order valence-corrected chi connectivity index (χ0v) is 8.51. The summed E-state index contributed by atoms with van der Waals surface area (Å²) in [7, 11) is 0. The third-order valence-electron chi connectivity index (χ3n) is 3.01. The maximum Gasteiger partial charge on any atom is 0.0906 e. The van der Waals surface area contributed by atoms with Crippen LogP contribution in [0.25, 0.3) is 0 Å². The number of alkyl halides is 1. The van der Waals surface area contributed by atoms with Crippen LogP contribution in [-0.4, -0.2) is 37.3 Å². The Hall–Kier alpha value is -0.150. The topological polar surface area (TPSA) is 29.3 Å². The molecule has 2 nitrogen and oxygen atoms in total. The molecule has 0 aliphatic carbocycles.